The van der Waals surface area contributed by atoms with Crippen molar-refractivity contribution in [1.29, 1.82) is 0 Å². The van der Waals surface area contributed by atoms with Crippen LogP contribution in [-0.4, -0.2) is 7.11 Å². The van der Waals surface area contributed by atoms with E-state index in [0.717, 1.165) is 33.8 Å². The molecular weight excluding hydrogens is 298 g/mol. The molecule has 0 saturated carbocycles. The number of hydrogen-bond donors (Lipinski definition) is 1. The first-order valence-corrected chi connectivity index (χ1v) is 7.94. The third-order valence-electron chi connectivity index (χ3n) is 3.90. The fraction of sp³-hybridized carbons (Fsp3) is 0.143. The van der Waals surface area contributed by atoms with Gasteiger partial charge >= 0.3 is 0 Å². The summed E-state index contributed by atoms with van der Waals surface area (Å²) in [5.74, 6) is 1.65. The molecule has 122 valence electrons. The van der Waals surface area contributed by atoms with Crippen LogP contribution < -0.4 is 15.2 Å². The first-order valence-electron chi connectivity index (χ1n) is 7.94. The molecule has 3 nitrogen and oxygen atoms in total. The van der Waals surface area contributed by atoms with Gasteiger partial charge in [-0.2, -0.15) is 0 Å². The lowest BCUT2D eigenvalue weighted by Crippen LogP contribution is -2.00. The second kappa shape index (κ2) is 7.66. The van der Waals surface area contributed by atoms with E-state index in [-0.39, 0.29) is 0 Å². The van der Waals surface area contributed by atoms with Crippen molar-refractivity contribution < 1.29 is 9.47 Å². The summed E-state index contributed by atoms with van der Waals surface area (Å²) in [6.07, 6.45) is 0. The maximum Gasteiger partial charge on any atom is 0.127 e. The number of rotatable bonds is 6. The van der Waals surface area contributed by atoms with Gasteiger partial charge in [0.1, 0.15) is 18.1 Å². The van der Waals surface area contributed by atoms with Crippen LogP contribution in [0.3, 0.4) is 0 Å². The molecule has 3 aromatic carbocycles. The maximum atomic E-state index is 6.10. The largest absolute Gasteiger partial charge is 0.497 e. The van der Waals surface area contributed by atoms with Gasteiger partial charge in [0.25, 0.3) is 0 Å². The van der Waals surface area contributed by atoms with Gasteiger partial charge in [-0.1, -0.05) is 54.6 Å². The van der Waals surface area contributed by atoms with Gasteiger partial charge in [0.2, 0.25) is 0 Å². The maximum absolute atomic E-state index is 6.10. The van der Waals surface area contributed by atoms with E-state index in [1.165, 1.54) is 0 Å². The highest BCUT2D eigenvalue weighted by Gasteiger charge is 2.09. The van der Waals surface area contributed by atoms with Crippen LogP contribution in [0.2, 0.25) is 0 Å². The van der Waals surface area contributed by atoms with E-state index < -0.39 is 0 Å². The van der Waals surface area contributed by atoms with E-state index in [4.69, 9.17) is 15.2 Å². The summed E-state index contributed by atoms with van der Waals surface area (Å²) in [6.45, 7) is 1.01. The SMILES string of the molecule is COc1cccc(-c2ccc(CN)cc2OCc2ccccc2)c1. The Balaban J connectivity index is 1.93. The fourth-order valence-corrected chi connectivity index (χ4v) is 2.58. The normalized spacial score (nSPS) is 10.4. The molecule has 0 heterocycles. The van der Waals surface area contributed by atoms with Crippen molar-refractivity contribution in [2.75, 3.05) is 7.11 Å². The summed E-state index contributed by atoms with van der Waals surface area (Å²) in [7, 11) is 1.67. The van der Waals surface area contributed by atoms with Crippen molar-refractivity contribution in [2.24, 2.45) is 5.73 Å². The van der Waals surface area contributed by atoms with Gasteiger partial charge in [0.15, 0.2) is 0 Å². The quantitative estimate of drug-likeness (QED) is 0.732. The summed E-state index contributed by atoms with van der Waals surface area (Å²) < 4.78 is 11.4. The first-order chi connectivity index (χ1) is 11.8. The molecule has 0 aromatic heterocycles. The molecule has 0 fully saturated rings. The molecule has 24 heavy (non-hydrogen) atoms. The predicted octanol–water partition coefficient (Wildman–Crippen LogP) is 4.40. The lowest BCUT2D eigenvalue weighted by molar-refractivity contribution is 0.307. The van der Waals surface area contributed by atoms with Crippen molar-refractivity contribution in [3.63, 3.8) is 0 Å². The second-order valence-corrected chi connectivity index (χ2v) is 5.54. The van der Waals surface area contributed by atoms with Crippen LogP contribution in [-0.2, 0) is 13.2 Å². The Labute approximate surface area is 142 Å². The third kappa shape index (κ3) is 3.76. The molecule has 0 aliphatic rings. The van der Waals surface area contributed by atoms with Crippen LogP contribution in [0.25, 0.3) is 11.1 Å². The number of hydrogen-bond acceptors (Lipinski definition) is 3. The summed E-state index contributed by atoms with van der Waals surface area (Å²) >= 11 is 0. The molecule has 0 aliphatic heterocycles. The predicted molar refractivity (Wildman–Crippen MR) is 97.1 cm³/mol. The molecule has 0 spiro atoms. The molecule has 0 saturated heterocycles. The van der Waals surface area contributed by atoms with Crippen molar-refractivity contribution in [1.82, 2.24) is 0 Å². The molecule has 0 aliphatic carbocycles. The highest BCUT2D eigenvalue weighted by Crippen LogP contribution is 2.33. The van der Waals surface area contributed by atoms with E-state index in [1.807, 2.05) is 48.5 Å². The van der Waals surface area contributed by atoms with Crippen molar-refractivity contribution in [3.05, 3.63) is 83.9 Å². The minimum Gasteiger partial charge on any atom is -0.497 e. The van der Waals surface area contributed by atoms with Crippen LogP contribution in [0.15, 0.2) is 72.8 Å². The van der Waals surface area contributed by atoms with Crippen molar-refractivity contribution in [2.45, 2.75) is 13.2 Å². The summed E-state index contributed by atoms with van der Waals surface area (Å²) in [4.78, 5) is 0. The van der Waals surface area contributed by atoms with E-state index in [9.17, 15) is 0 Å². The molecule has 3 aromatic rings. The Morgan fingerprint density at radius 1 is 0.833 bits per heavy atom. The van der Waals surface area contributed by atoms with E-state index in [2.05, 4.69) is 24.3 Å². The Hall–Kier alpha value is -2.78. The van der Waals surface area contributed by atoms with Gasteiger partial charge < -0.3 is 15.2 Å². The zero-order valence-electron chi connectivity index (χ0n) is 13.7. The minimum absolute atomic E-state index is 0.486. The average Bonchev–Trinajstić information content (AvgIpc) is 2.67. The standard InChI is InChI=1S/C21H21NO2/c1-23-19-9-5-8-18(13-19)20-11-10-17(14-22)12-21(20)24-15-16-6-3-2-4-7-16/h2-13H,14-15,22H2,1H3. The third-order valence-corrected chi connectivity index (χ3v) is 3.90. The number of ether oxygens (including phenoxy) is 2. The molecular formula is C21H21NO2. The van der Waals surface area contributed by atoms with Crippen LogP contribution in [0.5, 0.6) is 11.5 Å². The lowest BCUT2D eigenvalue weighted by Gasteiger charge is -2.14. The first kappa shape index (κ1) is 16.1. The van der Waals surface area contributed by atoms with Crippen LogP contribution in [0.4, 0.5) is 0 Å². The summed E-state index contributed by atoms with van der Waals surface area (Å²) in [5.41, 5.74) is 10.0. The lowest BCUT2D eigenvalue weighted by atomic mass is 10.0. The molecule has 0 amide bonds. The van der Waals surface area contributed by atoms with Gasteiger partial charge in [0, 0.05) is 12.1 Å². The summed E-state index contributed by atoms with van der Waals surface area (Å²) in [5, 5.41) is 0. The second-order valence-electron chi connectivity index (χ2n) is 5.54. The molecule has 3 rings (SSSR count). The summed E-state index contributed by atoms with van der Waals surface area (Å²) in [6, 6.07) is 24.2. The fourth-order valence-electron chi connectivity index (χ4n) is 2.58. The van der Waals surface area contributed by atoms with E-state index >= 15 is 0 Å². The van der Waals surface area contributed by atoms with Gasteiger partial charge in [-0.25, -0.2) is 0 Å². The monoisotopic (exact) mass is 319 g/mol. The van der Waals surface area contributed by atoms with E-state index in [1.54, 1.807) is 7.11 Å². The zero-order valence-corrected chi connectivity index (χ0v) is 13.7. The molecule has 0 atom stereocenters. The number of methoxy groups -OCH3 is 1. The Morgan fingerprint density at radius 3 is 2.42 bits per heavy atom. The van der Waals surface area contributed by atoms with Gasteiger partial charge in [0.05, 0.1) is 7.11 Å². The van der Waals surface area contributed by atoms with Crippen LogP contribution in [0, 0.1) is 0 Å². The smallest absolute Gasteiger partial charge is 0.127 e. The number of nitrogens with two attached hydrogens (primary N) is 1. The van der Waals surface area contributed by atoms with Gasteiger partial charge in [-0.3, -0.25) is 0 Å². The number of benzene rings is 3. The topological polar surface area (TPSA) is 44.5 Å². The molecule has 0 radical (unpaired) electrons. The van der Waals surface area contributed by atoms with Gasteiger partial charge in [-0.15, -0.1) is 0 Å². The van der Waals surface area contributed by atoms with Gasteiger partial charge in [-0.05, 0) is 34.9 Å². The van der Waals surface area contributed by atoms with Crippen molar-refractivity contribution >= 4 is 0 Å². The molecule has 0 unspecified atom stereocenters. The molecule has 0 bridgehead atoms. The molecule has 2 N–H and O–H groups in total. The van der Waals surface area contributed by atoms with Crippen LogP contribution in [0.1, 0.15) is 11.1 Å². The Morgan fingerprint density at radius 2 is 1.67 bits per heavy atom. The Bertz CT molecular complexity index is 800. The highest BCUT2D eigenvalue weighted by molar-refractivity contribution is 5.72. The zero-order chi connectivity index (χ0) is 16.8. The van der Waals surface area contributed by atoms with Crippen LogP contribution >= 0.6 is 0 Å². The van der Waals surface area contributed by atoms with Crippen molar-refractivity contribution in [3.8, 4) is 22.6 Å². The van der Waals surface area contributed by atoms with E-state index in [0.29, 0.717) is 13.2 Å². The molecule has 3 heteroatoms. The average molecular weight is 319 g/mol. The highest BCUT2D eigenvalue weighted by atomic mass is 16.5. The minimum atomic E-state index is 0.486. The Kier molecular flexibility index (Phi) is 5.14.